The van der Waals surface area contributed by atoms with E-state index in [0.29, 0.717) is 29.0 Å². The van der Waals surface area contributed by atoms with Crippen molar-refractivity contribution >= 4 is 35.0 Å². The van der Waals surface area contributed by atoms with E-state index >= 15 is 0 Å². The first-order valence-corrected chi connectivity index (χ1v) is 10.4. The third kappa shape index (κ3) is 7.16. The van der Waals surface area contributed by atoms with E-state index in [1.54, 1.807) is 4.57 Å². The highest BCUT2D eigenvalue weighted by molar-refractivity contribution is 7.99. The Morgan fingerprint density at radius 3 is 2.57 bits per heavy atom. The number of anilines is 1. The minimum Gasteiger partial charge on any atom is -0.390 e. The standard InChI is InChI=1S/C19H25N5O5S/c1-13(2)7-8-20-17(26)10-23-16(11-25)9-21-19(23)30-12-18(27)22-14-3-5-15(6-4-14)24(28)29/h3-6,9,13,25H,7-8,10-12H2,1-2H3,(H,20,26)(H,22,27). The maximum atomic E-state index is 12.2. The zero-order valence-electron chi connectivity index (χ0n) is 16.8. The molecule has 10 nitrogen and oxygen atoms in total. The van der Waals surface area contributed by atoms with Crippen molar-refractivity contribution in [3.8, 4) is 0 Å². The van der Waals surface area contributed by atoms with Crippen LogP contribution in [0.5, 0.6) is 0 Å². The number of rotatable bonds is 11. The number of thioether (sulfide) groups is 1. The molecule has 0 saturated carbocycles. The molecule has 0 aliphatic carbocycles. The summed E-state index contributed by atoms with van der Waals surface area (Å²) in [6.07, 6.45) is 2.34. The van der Waals surface area contributed by atoms with Gasteiger partial charge in [0, 0.05) is 24.4 Å². The van der Waals surface area contributed by atoms with Gasteiger partial charge in [-0.2, -0.15) is 0 Å². The van der Waals surface area contributed by atoms with Crippen molar-refractivity contribution in [2.45, 2.75) is 38.6 Å². The number of non-ortho nitro benzene ring substituents is 1. The predicted octanol–water partition coefficient (Wildman–Crippen LogP) is 2.18. The fourth-order valence-corrected chi connectivity index (χ4v) is 3.29. The average Bonchev–Trinajstić information content (AvgIpc) is 3.08. The fraction of sp³-hybridized carbons (Fsp3) is 0.421. The van der Waals surface area contributed by atoms with Crippen molar-refractivity contribution in [1.29, 1.82) is 0 Å². The molecule has 3 N–H and O–H groups in total. The van der Waals surface area contributed by atoms with E-state index in [4.69, 9.17) is 0 Å². The van der Waals surface area contributed by atoms with Gasteiger partial charge in [-0.15, -0.1) is 0 Å². The number of hydrogen-bond donors (Lipinski definition) is 3. The summed E-state index contributed by atoms with van der Waals surface area (Å²) in [5, 5.41) is 26.1. The molecule has 0 bridgehead atoms. The van der Waals surface area contributed by atoms with Crippen LogP contribution in [0.2, 0.25) is 0 Å². The van der Waals surface area contributed by atoms with Gasteiger partial charge in [0.1, 0.15) is 6.54 Å². The topological polar surface area (TPSA) is 139 Å². The molecule has 0 unspecified atom stereocenters. The van der Waals surface area contributed by atoms with Crippen molar-refractivity contribution in [3.63, 3.8) is 0 Å². The first kappa shape index (κ1) is 23.4. The Kier molecular flexibility index (Phi) is 8.81. The molecular formula is C19H25N5O5S. The molecule has 0 aliphatic rings. The molecular weight excluding hydrogens is 410 g/mol. The van der Waals surface area contributed by atoms with Gasteiger partial charge < -0.3 is 20.3 Å². The third-order valence-corrected chi connectivity index (χ3v) is 5.09. The lowest BCUT2D eigenvalue weighted by molar-refractivity contribution is -0.384. The summed E-state index contributed by atoms with van der Waals surface area (Å²) in [6.45, 7) is 4.44. The Hall–Kier alpha value is -2.92. The molecule has 2 rings (SSSR count). The molecule has 0 radical (unpaired) electrons. The van der Waals surface area contributed by atoms with Gasteiger partial charge >= 0.3 is 0 Å². The van der Waals surface area contributed by atoms with Gasteiger partial charge in [-0.05, 0) is 24.5 Å². The van der Waals surface area contributed by atoms with Crippen LogP contribution >= 0.6 is 11.8 Å². The highest BCUT2D eigenvalue weighted by Gasteiger charge is 2.15. The lowest BCUT2D eigenvalue weighted by atomic mass is 10.1. The van der Waals surface area contributed by atoms with Gasteiger partial charge in [0.25, 0.3) is 5.69 Å². The normalized spacial score (nSPS) is 10.8. The maximum absolute atomic E-state index is 12.2. The molecule has 1 heterocycles. The number of aliphatic hydroxyl groups excluding tert-OH is 1. The number of nitro benzene ring substituents is 1. The molecule has 1 aromatic heterocycles. The first-order chi connectivity index (χ1) is 14.3. The van der Waals surface area contributed by atoms with Crippen LogP contribution in [-0.2, 0) is 22.7 Å². The average molecular weight is 436 g/mol. The number of nitrogens with one attached hydrogen (secondary N) is 2. The molecule has 0 saturated heterocycles. The van der Waals surface area contributed by atoms with Gasteiger partial charge in [0.2, 0.25) is 11.8 Å². The van der Waals surface area contributed by atoms with Gasteiger partial charge in [-0.1, -0.05) is 25.6 Å². The number of aromatic nitrogens is 2. The zero-order valence-corrected chi connectivity index (χ0v) is 17.6. The van der Waals surface area contributed by atoms with Gasteiger partial charge in [-0.25, -0.2) is 4.98 Å². The fourth-order valence-electron chi connectivity index (χ4n) is 2.50. The van der Waals surface area contributed by atoms with Crippen molar-refractivity contribution in [2.24, 2.45) is 5.92 Å². The summed E-state index contributed by atoms with van der Waals surface area (Å²) in [5.74, 6) is -0.0174. The minimum absolute atomic E-state index is 0.000291. The Morgan fingerprint density at radius 2 is 1.97 bits per heavy atom. The van der Waals surface area contributed by atoms with Crippen LogP contribution in [0.1, 0.15) is 26.0 Å². The van der Waals surface area contributed by atoms with Crippen molar-refractivity contribution in [3.05, 3.63) is 46.3 Å². The Bertz CT molecular complexity index is 882. The smallest absolute Gasteiger partial charge is 0.269 e. The van der Waals surface area contributed by atoms with Crippen LogP contribution in [-0.4, -0.2) is 43.7 Å². The number of benzene rings is 1. The lowest BCUT2D eigenvalue weighted by Gasteiger charge is -2.12. The van der Waals surface area contributed by atoms with E-state index in [-0.39, 0.29) is 36.4 Å². The van der Waals surface area contributed by atoms with Crippen LogP contribution in [0.15, 0.2) is 35.6 Å². The second kappa shape index (κ2) is 11.3. The number of carbonyl (C=O) groups excluding carboxylic acids is 2. The Morgan fingerprint density at radius 1 is 1.27 bits per heavy atom. The van der Waals surface area contributed by atoms with Crippen LogP contribution in [0.4, 0.5) is 11.4 Å². The SMILES string of the molecule is CC(C)CCNC(=O)Cn1c(CO)cnc1SCC(=O)Nc1ccc([N+](=O)[O-])cc1. The largest absolute Gasteiger partial charge is 0.390 e. The molecule has 162 valence electrons. The molecule has 2 aromatic rings. The van der Waals surface area contributed by atoms with Crippen molar-refractivity contribution < 1.29 is 19.6 Å². The number of carbonyl (C=O) groups is 2. The van der Waals surface area contributed by atoms with Crippen LogP contribution < -0.4 is 10.6 Å². The molecule has 0 spiro atoms. The van der Waals surface area contributed by atoms with Gasteiger partial charge in [0.05, 0.1) is 29.2 Å². The summed E-state index contributed by atoms with van der Waals surface area (Å²) < 4.78 is 1.58. The summed E-state index contributed by atoms with van der Waals surface area (Å²) in [7, 11) is 0. The maximum Gasteiger partial charge on any atom is 0.269 e. The number of amides is 2. The number of imidazole rings is 1. The first-order valence-electron chi connectivity index (χ1n) is 9.39. The second-order valence-electron chi connectivity index (χ2n) is 6.95. The molecule has 30 heavy (non-hydrogen) atoms. The highest BCUT2D eigenvalue weighted by atomic mass is 32.2. The monoisotopic (exact) mass is 435 g/mol. The van der Waals surface area contributed by atoms with Gasteiger partial charge in [0.15, 0.2) is 5.16 Å². The Balaban J connectivity index is 1.92. The van der Waals surface area contributed by atoms with E-state index in [9.17, 15) is 24.8 Å². The molecule has 1 aromatic carbocycles. The number of nitro groups is 1. The van der Waals surface area contributed by atoms with E-state index in [1.165, 1.54) is 30.5 Å². The number of aliphatic hydroxyl groups is 1. The van der Waals surface area contributed by atoms with Crippen molar-refractivity contribution in [1.82, 2.24) is 14.9 Å². The Labute approximate surface area is 178 Å². The van der Waals surface area contributed by atoms with E-state index in [2.05, 4.69) is 29.5 Å². The van der Waals surface area contributed by atoms with E-state index in [1.807, 2.05) is 0 Å². The highest BCUT2D eigenvalue weighted by Crippen LogP contribution is 2.20. The van der Waals surface area contributed by atoms with Gasteiger partial charge in [-0.3, -0.25) is 19.7 Å². The summed E-state index contributed by atoms with van der Waals surface area (Å²) in [6, 6.07) is 5.52. The van der Waals surface area contributed by atoms with Crippen LogP contribution in [0, 0.1) is 16.0 Å². The number of hydrogen-bond acceptors (Lipinski definition) is 7. The number of nitrogens with zero attached hydrogens (tertiary/aromatic N) is 3. The van der Waals surface area contributed by atoms with Crippen LogP contribution in [0.25, 0.3) is 0 Å². The van der Waals surface area contributed by atoms with Crippen molar-refractivity contribution in [2.75, 3.05) is 17.6 Å². The predicted molar refractivity (Wildman–Crippen MR) is 113 cm³/mol. The minimum atomic E-state index is -0.515. The summed E-state index contributed by atoms with van der Waals surface area (Å²) >= 11 is 1.13. The molecule has 2 amide bonds. The quantitative estimate of drug-likeness (QED) is 0.279. The molecule has 0 fully saturated rings. The third-order valence-electron chi connectivity index (χ3n) is 4.10. The van der Waals surface area contributed by atoms with E-state index < -0.39 is 4.92 Å². The summed E-state index contributed by atoms with van der Waals surface area (Å²) in [5.41, 5.74) is 0.856. The lowest BCUT2D eigenvalue weighted by Crippen LogP contribution is -2.30. The van der Waals surface area contributed by atoms with E-state index in [0.717, 1.165) is 18.2 Å². The molecule has 0 atom stereocenters. The zero-order chi connectivity index (χ0) is 22.1. The second-order valence-corrected chi connectivity index (χ2v) is 7.89. The summed E-state index contributed by atoms with van der Waals surface area (Å²) in [4.78, 5) is 38.7. The van der Waals surface area contributed by atoms with Crippen LogP contribution in [0.3, 0.4) is 0 Å². The molecule has 11 heteroatoms. The molecule has 0 aliphatic heterocycles.